The minimum Gasteiger partial charge on any atom is -0.497 e. The topological polar surface area (TPSA) is 132 Å². The van der Waals surface area contributed by atoms with E-state index in [1.165, 1.54) is 7.11 Å². The van der Waals surface area contributed by atoms with E-state index in [2.05, 4.69) is 10.6 Å². The molecule has 3 N–H and O–H groups in total. The van der Waals surface area contributed by atoms with Gasteiger partial charge in [0.25, 0.3) is 0 Å². The van der Waals surface area contributed by atoms with E-state index in [9.17, 15) is 19.5 Å². The summed E-state index contributed by atoms with van der Waals surface area (Å²) >= 11 is 0. The molecule has 1 aliphatic rings. The van der Waals surface area contributed by atoms with Crippen LogP contribution in [0.4, 0.5) is 0 Å². The molecular weight excluding hydrogens is 552 g/mol. The molecule has 0 bridgehead atoms. The lowest BCUT2D eigenvalue weighted by atomic mass is 9.85. The Bertz CT molecular complexity index is 1390. The highest BCUT2D eigenvalue weighted by Crippen LogP contribution is 2.37. The summed E-state index contributed by atoms with van der Waals surface area (Å²) in [6.45, 7) is 4.42. The predicted molar refractivity (Wildman–Crippen MR) is 159 cm³/mol. The van der Waals surface area contributed by atoms with Crippen molar-refractivity contribution in [1.82, 2.24) is 10.6 Å². The SMILES string of the molecule is COC(=O)c1ccc(-c2ccc(CNC(=O)C(O)CCNC(=O)C3OC(c4ccc(OC)cc4)OCC3(C)C)cc2)cc1. The molecule has 3 aromatic carbocycles. The van der Waals surface area contributed by atoms with Gasteiger partial charge in [-0.25, -0.2) is 4.79 Å². The predicted octanol–water partition coefficient (Wildman–Crippen LogP) is 3.77. The first-order valence-corrected chi connectivity index (χ1v) is 14.0. The second kappa shape index (κ2) is 14.3. The fourth-order valence-corrected chi connectivity index (χ4v) is 4.66. The molecule has 10 heteroatoms. The number of hydrogen-bond donors (Lipinski definition) is 3. The quantitative estimate of drug-likeness (QED) is 0.288. The van der Waals surface area contributed by atoms with Gasteiger partial charge in [-0.1, -0.05) is 62.4 Å². The van der Waals surface area contributed by atoms with Gasteiger partial charge in [-0.05, 0) is 47.4 Å². The fraction of sp³-hybridized carbons (Fsp3) is 0.364. The number of esters is 1. The number of aliphatic hydroxyl groups excluding tert-OH is 1. The molecule has 43 heavy (non-hydrogen) atoms. The molecule has 0 radical (unpaired) electrons. The lowest BCUT2D eigenvalue weighted by Crippen LogP contribution is -2.52. The van der Waals surface area contributed by atoms with Crippen LogP contribution in [-0.4, -0.2) is 62.5 Å². The zero-order valence-electron chi connectivity index (χ0n) is 24.8. The summed E-state index contributed by atoms with van der Waals surface area (Å²) in [7, 11) is 2.93. The Hall–Kier alpha value is -4.25. The van der Waals surface area contributed by atoms with E-state index in [1.807, 2.05) is 62.4 Å². The van der Waals surface area contributed by atoms with E-state index in [0.29, 0.717) is 17.9 Å². The Balaban J connectivity index is 1.22. The molecule has 0 aromatic heterocycles. The lowest BCUT2D eigenvalue weighted by Gasteiger charge is -2.41. The molecular formula is C33H38N2O8. The zero-order chi connectivity index (χ0) is 31.0. The van der Waals surface area contributed by atoms with Crippen molar-refractivity contribution in [2.24, 2.45) is 5.41 Å². The second-order valence-electron chi connectivity index (χ2n) is 11.0. The van der Waals surface area contributed by atoms with Crippen LogP contribution in [-0.2, 0) is 30.3 Å². The van der Waals surface area contributed by atoms with Crippen molar-refractivity contribution in [1.29, 1.82) is 0 Å². The van der Waals surface area contributed by atoms with Crippen molar-refractivity contribution in [2.45, 2.75) is 45.3 Å². The molecule has 1 heterocycles. The van der Waals surface area contributed by atoms with Crippen LogP contribution in [0.25, 0.3) is 11.1 Å². The van der Waals surface area contributed by atoms with Gasteiger partial charge in [0.15, 0.2) is 6.29 Å². The van der Waals surface area contributed by atoms with Gasteiger partial charge >= 0.3 is 5.97 Å². The van der Waals surface area contributed by atoms with Crippen LogP contribution >= 0.6 is 0 Å². The summed E-state index contributed by atoms with van der Waals surface area (Å²) < 4.78 is 21.8. The van der Waals surface area contributed by atoms with Crippen molar-refractivity contribution in [3.63, 3.8) is 0 Å². The van der Waals surface area contributed by atoms with Gasteiger partial charge in [-0.2, -0.15) is 0 Å². The summed E-state index contributed by atoms with van der Waals surface area (Å²) in [6.07, 6.45) is -2.73. The van der Waals surface area contributed by atoms with Crippen LogP contribution in [0.5, 0.6) is 5.75 Å². The van der Waals surface area contributed by atoms with Crippen LogP contribution in [0.2, 0.25) is 0 Å². The number of benzene rings is 3. The maximum atomic E-state index is 13.0. The Morgan fingerprint density at radius 1 is 0.930 bits per heavy atom. The number of rotatable bonds is 11. The van der Waals surface area contributed by atoms with E-state index < -0.39 is 35.8 Å². The van der Waals surface area contributed by atoms with Crippen LogP contribution in [0, 0.1) is 5.41 Å². The average Bonchev–Trinajstić information content (AvgIpc) is 3.03. The number of carbonyl (C=O) groups excluding carboxylic acids is 3. The molecule has 1 saturated heterocycles. The maximum absolute atomic E-state index is 13.0. The highest BCUT2D eigenvalue weighted by Gasteiger charge is 2.43. The van der Waals surface area contributed by atoms with Crippen LogP contribution in [0.15, 0.2) is 72.8 Å². The first-order chi connectivity index (χ1) is 20.6. The van der Waals surface area contributed by atoms with Crippen molar-refractivity contribution >= 4 is 17.8 Å². The van der Waals surface area contributed by atoms with E-state index in [4.69, 9.17) is 18.9 Å². The monoisotopic (exact) mass is 590 g/mol. The summed E-state index contributed by atoms with van der Waals surface area (Å²) in [4.78, 5) is 37.1. The van der Waals surface area contributed by atoms with Crippen molar-refractivity contribution in [3.8, 4) is 16.9 Å². The maximum Gasteiger partial charge on any atom is 0.337 e. The van der Waals surface area contributed by atoms with Gasteiger partial charge in [0.2, 0.25) is 11.8 Å². The minimum atomic E-state index is -1.29. The zero-order valence-corrected chi connectivity index (χ0v) is 24.8. The molecule has 2 amide bonds. The molecule has 1 fully saturated rings. The summed E-state index contributed by atoms with van der Waals surface area (Å²) in [6, 6.07) is 21.9. The molecule has 228 valence electrons. The van der Waals surface area contributed by atoms with E-state index in [1.54, 1.807) is 31.4 Å². The summed E-state index contributed by atoms with van der Waals surface area (Å²) in [5.41, 5.74) is 3.41. The number of methoxy groups -OCH3 is 2. The third-order valence-corrected chi connectivity index (χ3v) is 7.28. The fourth-order valence-electron chi connectivity index (χ4n) is 4.66. The first kappa shape index (κ1) is 31.7. The molecule has 0 aliphatic carbocycles. The number of ether oxygens (including phenoxy) is 4. The second-order valence-corrected chi connectivity index (χ2v) is 11.0. The normalized spacial score (nSPS) is 18.3. The molecule has 1 aliphatic heterocycles. The van der Waals surface area contributed by atoms with Crippen LogP contribution < -0.4 is 15.4 Å². The standard InChI is InChI=1S/C33H38N2O8/c1-33(2)20-42-32(25-13-15-26(40-3)16-14-25)43-28(33)30(38)34-18-17-27(36)29(37)35-19-21-5-7-22(8-6-21)23-9-11-24(12-10-23)31(39)41-4/h5-16,27-28,32,36H,17-20H2,1-4H3,(H,34,38)(H,35,37). The molecule has 0 saturated carbocycles. The van der Waals surface area contributed by atoms with Crippen LogP contribution in [0.1, 0.15) is 48.0 Å². The number of amides is 2. The third kappa shape index (κ3) is 8.19. The lowest BCUT2D eigenvalue weighted by molar-refractivity contribution is -0.258. The van der Waals surface area contributed by atoms with E-state index >= 15 is 0 Å². The van der Waals surface area contributed by atoms with Crippen molar-refractivity contribution < 1.29 is 38.4 Å². The van der Waals surface area contributed by atoms with Gasteiger partial charge < -0.3 is 34.7 Å². The van der Waals surface area contributed by atoms with Gasteiger partial charge in [0.1, 0.15) is 18.0 Å². The first-order valence-electron chi connectivity index (χ1n) is 14.0. The third-order valence-electron chi connectivity index (χ3n) is 7.28. The number of hydrogen-bond acceptors (Lipinski definition) is 8. The van der Waals surface area contributed by atoms with Crippen LogP contribution in [0.3, 0.4) is 0 Å². The molecule has 4 rings (SSSR count). The molecule has 3 aromatic rings. The molecule has 3 atom stereocenters. The number of nitrogens with one attached hydrogen (secondary N) is 2. The highest BCUT2D eigenvalue weighted by atomic mass is 16.7. The number of carbonyl (C=O) groups is 3. The van der Waals surface area contributed by atoms with Crippen molar-refractivity contribution in [3.05, 3.63) is 89.5 Å². The Morgan fingerprint density at radius 3 is 2.16 bits per heavy atom. The highest BCUT2D eigenvalue weighted by molar-refractivity contribution is 5.90. The van der Waals surface area contributed by atoms with E-state index in [0.717, 1.165) is 22.3 Å². The summed E-state index contributed by atoms with van der Waals surface area (Å²) in [5, 5.41) is 15.9. The largest absolute Gasteiger partial charge is 0.497 e. The smallest absolute Gasteiger partial charge is 0.337 e. The van der Waals surface area contributed by atoms with E-state index in [-0.39, 0.29) is 25.4 Å². The average molecular weight is 591 g/mol. The van der Waals surface area contributed by atoms with Gasteiger partial charge in [0.05, 0.1) is 26.4 Å². The number of aliphatic hydroxyl groups is 1. The minimum absolute atomic E-state index is 0.0453. The molecule has 3 unspecified atom stereocenters. The molecule has 0 spiro atoms. The molecule has 10 nitrogen and oxygen atoms in total. The Kier molecular flexibility index (Phi) is 10.5. The Morgan fingerprint density at radius 2 is 1.56 bits per heavy atom. The van der Waals surface area contributed by atoms with Gasteiger partial charge in [-0.3, -0.25) is 9.59 Å². The Labute approximate surface area is 251 Å². The van der Waals surface area contributed by atoms with Gasteiger partial charge in [-0.15, -0.1) is 0 Å². The van der Waals surface area contributed by atoms with Gasteiger partial charge in [0, 0.05) is 24.1 Å². The summed E-state index contributed by atoms with van der Waals surface area (Å²) in [5.74, 6) is -0.549. The van der Waals surface area contributed by atoms with Crippen molar-refractivity contribution in [2.75, 3.05) is 27.4 Å².